The van der Waals surface area contributed by atoms with Crippen molar-refractivity contribution < 1.29 is 14.7 Å². The number of carbonyl (C=O) groups excluding carboxylic acids is 1. The second-order valence-electron chi connectivity index (χ2n) is 4.15. The van der Waals surface area contributed by atoms with Crippen LogP contribution in [0.25, 0.3) is 0 Å². The van der Waals surface area contributed by atoms with E-state index in [0.29, 0.717) is 12.8 Å². The van der Waals surface area contributed by atoms with Crippen molar-refractivity contribution in [1.82, 2.24) is 10.0 Å². The zero-order valence-electron chi connectivity index (χ0n) is 8.69. The second-order valence-corrected chi connectivity index (χ2v) is 4.15. The van der Waals surface area contributed by atoms with Gasteiger partial charge in [0.25, 0.3) is 0 Å². The molecule has 84 valence electrons. The molecule has 1 unspecified atom stereocenters. The van der Waals surface area contributed by atoms with Crippen molar-refractivity contribution in [3.8, 4) is 0 Å². The maximum absolute atomic E-state index is 11.8. The first-order valence-corrected chi connectivity index (χ1v) is 5.50. The van der Waals surface area contributed by atoms with Crippen molar-refractivity contribution >= 4 is 11.9 Å². The van der Waals surface area contributed by atoms with Gasteiger partial charge in [-0.1, -0.05) is 0 Å². The predicted molar refractivity (Wildman–Crippen MR) is 52.9 cm³/mol. The van der Waals surface area contributed by atoms with Gasteiger partial charge in [-0.2, -0.15) is 0 Å². The zero-order valence-corrected chi connectivity index (χ0v) is 8.69. The van der Waals surface area contributed by atoms with Crippen LogP contribution in [-0.2, 0) is 9.59 Å². The first-order chi connectivity index (χ1) is 7.20. The molecule has 0 radical (unpaired) electrons. The summed E-state index contributed by atoms with van der Waals surface area (Å²) in [4.78, 5) is 22.8. The minimum atomic E-state index is -0.880. The fourth-order valence-corrected chi connectivity index (χ4v) is 2.36. The lowest BCUT2D eigenvalue weighted by Gasteiger charge is -2.41. The number of fused-ring (bicyclic) bond motifs is 1. The first kappa shape index (κ1) is 10.4. The molecule has 5 heteroatoms. The molecule has 0 bridgehead atoms. The molecular weight excluding hydrogens is 196 g/mol. The molecule has 2 heterocycles. The molecule has 0 saturated carbocycles. The van der Waals surface area contributed by atoms with E-state index in [0.717, 1.165) is 32.4 Å². The Labute approximate surface area is 88.6 Å². The predicted octanol–water partition coefficient (Wildman–Crippen LogP) is 0.463. The molecule has 2 saturated heterocycles. The number of hydrogen-bond donors (Lipinski definition) is 1. The van der Waals surface area contributed by atoms with E-state index in [9.17, 15) is 9.59 Å². The van der Waals surface area contributed by atoms with Gasteiger partial charge < -0.3 is 5.11 Å². The molecule has 0 aromatic heterocycles. The molecule has 0 aliphatic carbocycles. The summed E-state index contributed by atoms with van der Waals surface area (Å²) in [6.45, 7) is 1.63. The minimum absolute atomic E-state index is 0.0281. The second kappa shape index (κ2) is 4.18. The third-order valence-electron chi connectivity index (χ3n) is 3.09. The van der Waals surface area contributed by atoms with Crippen LogP contribution in [-0.4, -0.2) is 46.1 Å². The highest BCUT2D eigenvalue weighted by atomic mass is 16.4. The number of carboxylic acids is 1. The Morgan fingerprint density at radius 2 is 2.00 bits per heavy atom. The summed E-state index contributed by atoms with van der Waals surface area (Å²) in [5, 5.41) is 12.5. The Kier molecular flexibility index (Phi) is 2.90. The van der Waals surface area contributed by atoms with Gasteiger partial charge in [0.1, 0.15) is 6.04 Å². The third-order valence-corrected chi connectivity index (χ3v) is 3.09. The molecule has 0 aromatic rings. The summed E-state index contributed by atoms with van der Waals surface area (Å²) in [6, 6.07) is -0.635. The Morgan fingerprint density at radius 3 is 2.73 bits per heavy atom. The van der Waals surface area contributed by atoms with E-state index in [1.807, 2.05) is 5.01 Å². The summed E-state index contributed by atoms with van der Waals surface area (Å²) in [6.07, 6.45) is 3.78. The Balaban J connectivity index is 2.20. The molecular formula is C10H16N2O3. The number of rotatable bonds is 1. The van der Waals surface area contributed by atoms with Crippen molar-refractivity contribution in [3.05, 3.63) is 0 Å². The van der Waals surface area contributed by atoms with Gasteiger partial charge in [-0.25, -0.2) is 9.80 Å². The first-order valence-electron chi connectivity index (χ1n) is 5.50. The molecule has 0 spiro atoms. The highest BCUT2D eigenvalue weighted by Gasteiger charge is 2.37. The standard InChI is InChI=1S/C10H16N2O3/c13-9-5-1-2-6-11-7-3-4-8(10(14)15)12(9)11/h8H,1-7H2,(H,14,15). The van der Waals surface area contributed by atoms with Gasteiger partial charge >= 0.3 is 5.97 Å². The lowest BCUT2D eigenvalue weighted by Crippen LogP contribution is -2.57. The topological polar surface area (TPSA) is 60.9 Å². The monoisotopic (exact) mass is 212 g/mol. The van der Waals surface area contributed by atoms with Crippen LogP contribution < -0.4 is 0 Å². The lowest BCUT2D eigenvalue weighted by atomic mass is 10.1. The number of aliphatic carboxylic acids is 1. The van der Waals surface area contributed by atoms with Gasteiger partial charge in [-0.3, -0.25) is 9.80 Å². The maximum atomic E-state index is 11.8. The molecule has 1 N–H and O–H groups in total. The van der Waals surface area contributed by atoms with Gasteiger partial charge in [0, 0.05) is 19.5 Å². The number of nitrogens with zero attached hydrogens (tertiary/aromatic N) is 2. The Hall–Kier alpha value is -1.10. The fraction of sp³-hybridized carbons (Fsp3) is 0.800. The average Bonchev–Trinajstić information content (AvgIpc) is 2.40. The molecule has 2 aliphatic heterocycles. The number of hydrogen-bond acceptors (Lipinski definition) is 3. The summed E-state index contributed by atoms with van der Waals surface area (Å²) in [7, 11) is 0. The quantitative estimate of drug-likeness (QED) is 0.686. The van der Waals surface area contributed by atoms with Crippen molar-refractivity contribution in [2.75, 3.05) is 13.1 Å². The number of carboxylic acid groups (broad SMARTS) is 1. The van der Waals surface area contributed by atoms with Crippen LogP contribution in [0.2, 0.25) is 0 Å². The van der Waals surface area contributed by atoms with Crippen molar-refractivity contribution in [3.63, 3.8) is 0 Å². The zero-order chi connectivity index (χ0) is 10.8. The molecule has 5 nitrogen and oxygen atoms in total. The van der Waals surface area contributed by atoms with Gasteiger partial charge in [0.2, 0.25) is 5.91 Å². The van der Waals surface area contributed by atoms with E-state index in [2.05, 4.69) is 0 Å². The third kappa shape index (κ3) is 1.97. The van der Waals surface area contributed by atoms with Crippen molar-refractivity contribution in [2.45, 2.75) is 38.1 Å². The molecule has 2 rings (SSSR count). The lowest BCUT2D eigenvalue weighted by molar-refractivity contribution is -0.173. The van der Waals surface area contributed by atoms with E-state index in [1.165, 1.54) is 5.01 Å². The Morgan fingerprint density at radius 1 is 1.27 bits per heavy atom. The van der Waals surface area contributed by atoms with Crippen LogP contribution in [0, 0.1) is 0 Å². The molecule has 1 atom stereocenters. The van der Waals surface area contributed by atoms with E-state index < -0.39 is 12.0 Å². The Bertz CT molecular complexity index is 280. The minimum Gasteiger partial charge on any atom is -0.480 e. The highest BCUT2D eigenvalue weighted by Crippen LogP contribution is 2.23. The van der Waals surface area contributed by atoms with Gasteiger partial charge in [0.05, 0.1) is 0 Å². The van der Waals surface area contributed by atoms with Gasteiger partial charge in [-0.05, 0) is 25.7 Å². The van der Waals surface area contributed by atoms with Crippen LogP contribution in [0.3, 0.4) is 0 Å². The van der Waals surface area contributed by atoms with E-state index in [-0.39, 0.29) is 5.91 Å². The molecule has 0 aromatic carbocycles. The largest absolute Gasteiger partial charge is 0.480 e. The van der Waals surface area contributed by atoms with Crippen molar-refractivity contribution in [1.29, 1.82) is 0 Å². The van der Waals surface area contributed by atoms with Crippen LogP contribution in [0.15, 0.2) is 0 Å². The highest BCUT2D eigenvalue weighted by molar-refractivity contribution is 5.83. The van der Waals surface area contributed by atoms with E-state index in [1.54, 1.807) is 0 Å². The number of amides is 1. The molecule has 15 heavy (non-hydrogen) atoms. The smallest absolute Gasteiger partial charge is 0.328 e. The van der Waals surface area contributed by atoms with E-state index >= 15 is 0 Å². The van der Waals surface area contributed by atoms with E-state index in [4.69, 9.17) is 5.11 Å². The molecule has 2 fully saturated rings. The van der Waals surface area contributed by atoms with Gasteiger partial charge in [0.15, 0.2) is 0 Å². The summed E-state index contributed by atoms with van der Waals surface area (Å²) in [5.74, 6) is -0.908. The van der Waals surface area contributed by atoms with Crippen LogP contribution in [0.5, 0.6) is 0 Å². The van der Waals surface area contributed by atoms with Crippen LogP contribution >= 0.6 is 0 Å². The number of carbonyl (C=O) groups is 2. The number of hydrazine groups is 1. The summed E-state index contributed by atoms with van der Waals surface area (Å²) < 4.78 is 0. The van der Waals surface area contributed by atoms with Crippen LogP contribution in [0.4, 0.5) is 0 Å². The van der Waals surface area contributed by atoms with Crippen LogP contribution in [0.1, 0.15) is 32.1 Å². The average molecular weight is 212 g/mol. The summed E-state index contributed by atoms with van der Waals surface area (Å²) >= 11 is 0. The molecule has 2 aliphatic rings. The van der Waals surface area contributed by atoms with Gasteiger partial charge in [-0.15, -0.1) is 0 Å². The molecule has 1 amide bonds. The summed E-state index contributed by atoms with van der Waals surface area (Å²) in [5.41, 5.74) is 0. The normalized spacial score (nSPS) is 28.4. The maximum Gasteiger partial charge on any atom is 0.328 e. The van der Waals surface area contributed by atoms with Crippen molar-refractivity contribution in [2.24, 2.45) is 0 Å². The SMILES string of the molecule is O=C(O)C1CCCN2CCCCC(=O)N12. The fourth-order valence-electron chi connectivity index (χ4n) is 2.36.